The van der Waals surface area contributed by atoms with E-state index in [1.165, 1.54) is 5.56 Å². The van der Waals surface area contributed by atoms with Crippen LogP contribution in [0.3, 0.4) is 0 Å². The Balaban J connectivity index is 1.83. The van der Waals surface area contributed by atoms with Gasteiger partial charge in [0.05, 0.1) is 17.8 Å². The predicted molar refractivity (Wildman–Crippen MR) is 102 cm³/mol. The lowest BCUT2D eigenvalue weighted by Gasteiger charge is -2.10. The van der Waals surface area contributed by atoms with Crippen molar-refractivity contribution >= 4 is 28.1 Å². The molecule has 0 radical (unpaired) electrons. The van der Waals surface area contributed by atoms with Gasteiger partial charge in [0.15, 0.2) is 6.61 Å². The largest absolute Gasteiger partial charge is 0.497 e. The Kier molecular flexibility index (Phi) is 7.01. The quantitative estimate of drug-likeness (QED) is 0.557. The minimum absolute atomic E-state index is 0.112. The molecule has 0 aliphatic heterocycles. The number of benzene rings is 2. The monoisotopic (exact) mass is 404 g/mol. The van der Waals surface area contributed by atoms with Gasteiger partial charge in [-0.2, -0.15) is 5.10 Å². The molecule has 2 aromatic rings. The van der Waals surface area contributed by atoms with Gasteiger partial charge in [-0.15, -0.1) is 0 Å². The molecule has 0 saturated carbocycles. The molecule has 0 aromatic heterocycles. The van der Waals surface area contributed by atoms with Crippen molar-refractivity contribution < 1.29 is 14.3 Å². The lowest BCUT2D eigenvalue weighted by Crippen LogP contribution is -2.24. The topological polar surface area (TPSA) is 59.9 Å². The van der Waals surface area contributed by atoms with Crippen LogP contribution in [0.25, 0.3) is 0 Å². The van der Waals surface area contributed by atoms with Crippen LogP contribution in [-0.2, 0) is 4.79 Å². The van der Waals surface area contributed by atoms with Crippen LogP contribution >= 0.6 is 15.9 Å². The number of ether oxygens (including phenoxy) is 2. The van der Waals surface area contributed by atoms with Crippen molar-refractivity contribution in [1.29, 1.82) is 0 Å². The summed E-state index contributed by atoms with van der Waals surface area (Å²) in [5.41, 5.74) is 4.50. The number of nitrogens with one attached hydrogen (secondary N) is 1. The summed E-state index contributed by atoms with van der Waals surface area (Å²) in [4.78, 5) is 11.8. The number of carbonyl (C=O) groups is 1. The van der Waals surface area contributed by atoms with Gasteiger partial charge in [0.1, 0.15) is 11.5 Å². The lowest BCUT2D eigenvalue weighted by molar-refractivity contribution is -0.123. The molecule has 0 spiro atoms. The third-order valence-corrected chi connectivity index (χ3v) is 4.12. The van der Waals surface area contributed by atoms with Gasteiger partial charge in [-0.1, -0.05) is 19.9 Å². The van der Waals surface area contributed by atoms with Crippen LogP contribution in [0.15, 0.2) is 52.0 Å². The number of halogens is 1. The fraction of sp³-hybridized carbons (Fsp3) is 0.263. The fourth-order valence-corrected chi connectivity index (χ4v) is 2.55. The molecule has 2 aromatic carbocycles. The summed E-state index contributed by atoms with van der Waals surface area (Å²) < 4.78 is 11.4. The van der Waals surface area contributed by atoms with E-state index in [2.05, 4.69) is 40.3 Å². The first-order valence-corrected chi connectivity index (χ1v) is 8.67. The van der Waals surface area contributed by atoms with Crippen LogP contribution in [0.1, 0.15) is 30.9 Å². The summed E-state index contributed by atoms with van der Waals surface area (Å²) in [5.74, 6) is 1.49. The highest BCUT2D eigenvalue weighted by atomic mass is 79.9. The second-order valence-electron chi connectivity index (χ2n) is 5.70. The highest BCUT2D eigenvalue weighted by Crippen LogP contribution is 2.28. The van der Waals surface area contributed by atoms with E-state index in [-0.39, 0.29) is 12.5 Å². The van der Waals surface area contributed by atoms with E-state index in [0.29, 0.717) is 11.7 Å². The highest BCUT2D eigenvalue weighted by molar-refractivity contribution is 9.10. The molecule has 0 saturated heterocycles. The molecule has 0 bridgehead atoms. The van der Waals surface area contributed by atoms with Crippen molar-refractivity contribution in [3.63, 3.8) is 0 Å². The molecule has 6 heteroatoms. The van der Waals surface area contributed by atoms with E-state index in [1.807, 2.05) is 42.5 Å². The summed E-state index contributed by atoms with van der Waals surface area (Å²) in [6.07, 6.45) is 1.56. The first-order chi connectivity index (χ1) is 12.0. The summed E-state index contributed by atoms with van der Waals surface area (Å²) in [7, 11) is 1.61. The van der Waals surface area contributed by atoms with Gasteiger partial charge in [-0.3, -0.25) is 4.79 Å². The van der Waals surface area contributed by atoms with Gasteiger partial charge in [0.2, 0.25) is 0 Å². The SMILES string of the molecule is COc1ccc(/C=N/NC(=O)COc2ccc(C(C)C)cc2Br)cc1. The van der Waals surface area contributed by atoms with E-state index in [1.54, 1.807) is 13.3 Å². The zero-order valence-electron chi connectivity index (χ0n) is 14.5. The second kappa shape index (κ2) is 9.22. The molecule has 1 amide bonds. The molecular formula is C19H21BrN2O3. The third kappa shape index (κ3) is 5.90. The fourth-order valence-electron chi connectivity index (χ4n) is 2.04. The molecule has 0 heterocycles. The zero-order chi connectivity index (χ0) is 18.2. The minimum Gasteiger partial charge on any atom is -0.497 e. The van der Waals surface area contributed by atoms with Crippen LogP contribution in [-0.4, -0.2) is 25.8 Å². The standard InChI is InChI=1S/C19H21BrN2O3/c1-13(2)15-6-9-18(17(20)10-15)25-12-19(23)22-21-11-14-4-7-16(24-3)8-5-14/h4-11,13H,12H2,1-3H3,(H,22,23)/b21-11+. The third-order valence-electron chi connectivity index (χ3n) is 3.50. The molecule has 0 aliphatic carbocycles. The molecule has 0 aliphatic rings. The Hall–Kier alpha value is -2.34. The van der Waals surface area contributed by atoms with Crippen molar-refractivity contribution in [1.82, 2.24) is 5.43 Å². The zero-order valence-corrected chi connectivity index (χ0v) is 16.0. The van der Waals surface area contributed by atoms with E-state index in [9.17, 15) is 4.79 Å². The van der Waals surface area contributed by atoms with E-state index >= 15 is 0 Å². The Labute approximate surface area is 156 Å². The van der Waals surface area contributed by atoms with Gasteiger partial charge < -0.3 is 9.47 Å². The summed E-state index contributed by atoms with van der Waals surface area (Å²) in [5, 5.41) is 3.91. The van der Waals surface area contributed by atoms with Gasteiger partial charge in [0.25, 0.3) is 5.91 Å². The number of hydrazone groups is 1. The number of hydrogen-bond donors (Lipinski definition) is 1. The maximum absolute atomic E-state index is 11.8. The summed E-state index contributed by atoms with van der Waals surface area (Å²) >= 11 is 3.46. The first kappa shape index (κ1) is 19.0. The maximum atomic E-state index is 11.8. The predicted octanol–water partition coefficient (Wildman–Crippen LogP) is 4.11. The van der Waals surface area contributed by atoms with Crippen LogP contribution in [0.5, 0.6) is 11.5 Å². The number of hydrogen-bond acceptors (Lipinski definition) is 4. The van der Waals surface area contributed by atoms with E-state index in [0.717, 1.165) is 15.8 Å². The average molecular weight is 405 g/mol. The molecule has 0 fully saturated rings. The maximum Gasteiger partial charge on any atom is 0.277 e. The smallest absolute Gasteiger partial charge is 0.277 e. The first-order valence-electron chi connectivity index (χ1n) is 7.88. The van der Waals surface area contributed by atoms with Crippen molar-refractivity contribution in [2.75, 3.05) is 13.7 Å². The van der Waals surface area contributed by atoms with Gasteiger partial charge in [0, 0.05) is 0 Å². The molecule has 25 heavy (non-hydrogen) atoms. The Morgan fingerprint density at radius 2 is 1.96 bits per heavy atom. The van der Waals surface area contributed by atoms with Crippen LogP contribution in [0.2, 0.25) is 0 Å². The van der Waals surface area contributed by atoms with Crippen molar-refractivity contribution in [2.45, 2.75) is 19.8 Å². The second-order valence-corrected chi connectivity index (χ2v) is 6.55. The van der Waals surface area contributed by atoms with Gasteiger partial charge in [-0.25, -0.2) is 5.43 Å². The van der Waals surface area contributed by atoms with E-state index < -0.39 is 0 Å². The molecule has 2 rings (SSSR count). The Bertz CT molecular complexity index is 743. The van der Waals surface area contributed by atoms with Gasteiger partial charge >= 0.3 is 0 Å². The number of nitrogens with zero attached hydrogens (tertiary/aromatic N) is 1. The number of amides is 1. The van der Waals surface area contributed by atoms with Crippen molar-refractivity contribution in [3.8, 4) is 11.5 Å². The van der Waals surface area contributed by atoms with Gasteiger partial charge in [-0.05, 0) is 69.4 Å². The summed E-state index contributed by atoms with van der Waals surface area (Å²) in [6.45, 7) is 4.13. The molecule has 0 unspecified atom stereocenters. The van der Waals surface area contributed by atoms with Crippen molar-refractivity contribution in [3.05, 3.63) is 58.1 Å². The molecule has 1 N–H and O–H groups in total. The number of rotatable bonds is 7. The normalized spacial score (nSPS) is 10.9. The van der Waals surface area contributed by atoms with Crippen LogP contribution in [0.4, 0.5) is 0 Å². The highest BCUT2D eigenvalue weighted by Gasteiger charge is 2.07. The average Bonchev–Trinajstić information content (AvgIpc) is 2.61. The molecule has 0 atom stereocenters. The molecular weight excluding hydrogens is 384 g/mol. The summed E-state index contributed by atoms with van der Waals surface area (Å²) in [6, 6.07) is 13.2. The molecule has 132 valence electrons. The number of methoxy groups -OCH3 is 1. The lowest BCUT2D eigenvalue weighted by atomic mass is 10.0. The van der Waals surface area contributed by atoms with Crippen molar-refractivity contribution in [2.24, 2.45) is 5.10 Å². The molecule has 5 nitrogen and oxygen atoms in total. The van der Waals surface area contributed by atoms with E-state index in [4.69, 9.17) is 9.47 Å². The minimum atomic E-state index is -0.329. The Morgan fingerprint density at radius 1 is 1.24 bits per heavy atom. The van der Waals surface area contributed by atoms with Crippen LogP contribution in [0, 0.1) is 0 Å². The Morgan fingerprint density at radius 3 is 2.56 bits per heavy atom. The number of carbonyl (C=O) groups excluding carboxylic acids is 1. The van der Waals surface area contributed by atoms with Crippen LogP contribution < -0.4 is 14.9 Å².